The predicted octanol–water partition coefficient (Wildman–Crippen LogP) is 3.65. The standard InChI is InChI=1S/C23H25N3O4S/c1-16-10-11-18(15-21(16)31(29,30)26-12-6-2-3-7-13-26)24-23(28)20-14-17-8-4-5-9-19(17)22(27)25-20/h4-5,8-11,14-15H,2-3,6-7,12-13H2,1H3,(H,24,28)(H,25,27). The Morgan fingerprint density at radius 2 is 1.71 bits per heavy atom. The average Bonchev–Trinajstić information content (AvgIpc) is 3.05. The summed E-state index contributed by atoms with van der Waals surface area (Å²) >= 11 is 0. The van der Waals surface area contributed by atoms with E-state index in [9.17, 15) is 18.0 Å². The van der Waals surface area contributed by atoms with Crippen LogP contribution in [0.3, 0.4) is 0 Å². The Labute approximate surface area is 181 Å². The molecule has 162 valence electrons. The highest BCUT2D eigenvalue weighted by atomic mass is 32.2. The van der Waals surface area contributed by atoms with Gasteiger partial charge in [-0.1, -0.05) is 37.1 Å². The van der Waals surface area contributed by atoms with Gasteiger partial charge in [0.25, 0.3) is 11.5 Å². The molecule has 1 aromatic heterocycles. The van der Waals surface area contributed by atoms with Crippen molar-refractivity contribution in [2.75, 3.05) is 18.4 Å². The van der Waals surface area contributed by atoms with Crippen molar-refractivity contribution in [1.29, 1.82) is 0 Å². The second kappa shape index (κ2) is 8.64. The van der Waals surface area contributed by atoms with E-state index in [1.807, 2.05) is 0 Å². The third kappa shape index (κ3) is 4.40. The highest BCUT2D eigenvalue weighted by Crippen LogP contribution is 2.26. The average molecular weight is 440 g/mol. The van der Waals surface area contributed by atoms with Gasteiger partial charge in [0.2, 0.25) is 10.0 Å². The molecule has 2 N–H and O–H groups in total. The van der Waals surface area contributed by atoms with Crippen molar-refractivity contribution in [3.8, 4) is 0 Å². The molecule has 0 aliphatic carbocycles. The van der Waals surface area contributed by atoms with Crippen LogP contribution >= 0.6 is 0 Å². The van der Waals surface area contributed by atoms with E-state index in [1.165, 1.54) is 10.4 Å². The number of aromatic nitrogens is 1. The van der Waals surface area contributed by atoms with E-state index in [0.717, 1.165) is 25.7 Å². The summed E-state index contributed by atoms with van der Waals surface area (Å²) in [5.74, 6) is -0.509. The van der Waals surface area contributed by atoms with Crippen molar-refractivity contribution in [2.24, 2.45) is 0 Å². The van der Waals surface area contributed by atoms with Gasteiger partial charge in [0.05, 0.1) is 4.90 Å². The van der Waals surface area contributed by atoms with Crippen LogP contribution in [0.5, 0.6) is 0 Å². The number of hydrogen-bond donors (Lipinski definition) is 2. The van der Waals surface area contributed by atoms with E-state index >= 15 is 0 Å². The topological polar surface area (TPSA) is 99.3 Å². The quantitative estimate of drug-likeness (QED) is 0.648. The first kappa shape index (κ1) is 21.3. The fourth-order valence-corrected chi connectivity index (χ4v) is 5.68. The number of nitrogens with one attached hydrogen (secondary N) is 2. The first-order chi connectivity index (χ1) is 14.9. The Morgan fingerprint density at radius 1 is 1.00 bits per heavy atom. The molecule has 0 bridgehead atoms. The number of carbonyl (C=O) groups is 1. The van der Waals surface area contributed by atoms with Crippen LogP contribution in [-0.4, -0.2) is 36.7 Å². The van der Waals surface area contributed by atoms with E-state index in [1.54, 1.807) is 49.4 Å². The van der Waals surface area contributed by atoms with Crippen molar-refractivity contribution in [3.05, 3.63) is 70.1 Å². The first-order valence-electron chi connectivity index (χ1n) is 10.4. The first-order valence-corrected chi connectivity index (χ1v) is 11.8. The van der Waals surface area contributed by atoms with Crippen LogP contribution in [0.25, 0.3) is 10.8 Å². The van der Waals surface area contributed by atoms with Gasteiger partial charge < -0.3 is 10.3 Å². The Hall–Kier alpha value is -2.97. The zero-order valence-corrected chi connectivity index (χ0v) is 18.2. The molecule has 1 fully saturated rings. The number of fused-ring (bicyclic) bond motifs is 1. The van der Waals surface area contributed by atoms with Gasteiger partial charge in [-0.2, -0.15) is 4.31 Å². The summed E-state index contributed by atoms with van der Waals surface area (Å²) in [7, 11) is -3.65. The number of anilines is 1. The highest BCUT2D eigenvalue weighted by molar-refractivity contribution is 7.89. The Bertz CT molecular complexity index is 1290. The molecule has 0 radical (unpaired) electrons. The fourth-order valence-electron chi connectivity index (χ4n) is 3.91. The molecule has 1 saturated heterocycles. The third-order valence-electron chi connectivity index (χ3n) is 5.63. The number of nitrogens with zero attached hydrogens (tertiary/aromatic N) is 1. The number of H-pyrrole nitrogens is 1. The Morgan fingerprint density at radius 3 is 2.45 bits per heavy atom. The molecule has 4 rings (SSSR count). The number of hydrogen-bond acceptors (Lipinski definition) is 4. The van der Waals surface area contributed by atoms with Gasteiger partial charge in [-0.25, -0.2) is 8.42 Å². The maximum absolute atomic E-state index is 13.2. The Balaban J connectivity index is 1.63. The number of sulfonamides is 1. The molecule has 0 unspecified atom stereocenters. The summed E-state index contributed by atoms with van der Waals surface area (Å²) in [5, 5.41) is 3.87. The highest BCUT2D eigenvalue weighted by Gasteiger charge is 2.27. The summed E-state index contributed by atoms with van der Waals surface area (Å²) < 4.78 is 28.0. The van der Waals surface area contributed by atoms with Gasteiger partial charge in [-0.05, 0) is 55.0 Å². The molecule has 3 aromatic rings. The molecule has 0 saturated carbocycles. The van der Waals surface area contributed by atoms with Crippen molar-refractivity contribution in [2.45, 2.75) is 37.5 Å². The minimum atomic E-state index is -3.65. The summed E-state index contributed by atoms with van der Waals surface area (Å²) in [6.07, 6.45) is 3.77. The number of aromatic amines is 1. The molecular formula is C23H25N3O4S. The number of pyridine rings is 1. The normalized spacial score (nSPS) is 15.5. The van der Waals surface area contributed by atoms with Crippen molar-refractivity contribution in [1.82, 2.24) is 9.29 Å². The third-order valence-corrected chi connectivity index (χ3v) is 7.67. The largest absolute Gasteiger partial charge is 0.321 e. The number of rotatable bonds is 4. The fraction of sp³-hybridized carbons (Fsp3) is 0.304. The van der Waals surface area contributed by atoms with E-state index in [0.29, 0.717) is 35.1 Å². The van der Waals surface area contributed by atoms with Gasteiger partial charge in [-0.15, -0.1) is 0 Å². The van der Waals surface area contributed by atoms with Crippen LogP contribution in [0.15, 0.2) is 58.2 Å². The van der Waals surface area contributed by atoms with Crippen LogP contribution in [0.4, 0.5) is 5.69 Å². The lowest BCUT2D eigenvalue weighted by Crippen LogP contribution is -2.32. The Kier molecular flexibility index (Phi) is 5.93. The van der Waals surface area contributed by atoms with Gasteiger partial charge in [-0.3, -0.25) is 9.59 Å². The SMILES string of the molecule is Cc1ccc(NC(=O)c2cc3ccccc3c(=O)[nH]2)cc1S(=O)(=O)N1CCCCCC1. The lowest BCUT2D eigenvalue weighted by Gasteiger charge is -2.21. The molecule has 0 spiro atoms. The molecule has 1 aliphatic rings. The van der Waals surface area contributed by atoms with Crippen LogP contribution < -0.4 is 10.9 Å². The van der Waals surface area contributed by atoms with Gasteiger partial charge in [0.1, 0.15) is 5.69 Å². The zero-order chi connectivity index (χ0) is 22.0. The van der Waals surface area contributed by atoms with E-state index in [-0.39, 0.29) is 16.1 Å². The molecule has 8 heteroatoms. The lowest BCUT2D eigenvalue weighted by molar-refractivity contribution is 0.102. The second-order valence-corrected chi connectivity index (χ2v) is 9.76. The molecular weight excluding hydrogens is 414 g/mol. The number of carbonyl (C=O) groups excluding carboxylic acids is 1. The summed E-state index contributed by atoms with van der Waals surface area (Å²) in [6, 6.07) is 13.5. The molecule has 31 heavy (non-hydrogen) atoms. The maximum Gasteiger partial charge on any atom is 0.272 e. The minimum Gasteiger partial charge on any atom is -0.321 e. The lowest BCUT2D eigenvalue weighted by atomic mass is 10.1. The number of benzene rings is 2. The van der Waals surface area contributed by atoms with Crippen molar-refractivity contribution >= 4 is 32.4 Å². The van der Waals surface area contributed by atoms with Crippen LogP contribution in [-0.2, 0) is 10.0 Å². The van der Waals surface area contributed by atoms with Crippen molar-refractivity contribution in [3.63, 3.8) is 0 Å². The molecule has 7 nitrogen and oxygen atoms in total. The molecule has 1 amide bonds. The maximum atomic E-state index is 13.2. The predicted molar refractivity (Wildman–Crippen MR) is 121 cm³/mol. The molecule has 2 aromatic carbocycles. The van der Waals surface area contributed by atoms with Gasteiger partial charge in [0, 0.05) is 24.2 Å². The van der Waals surface area contributed by atoms with E-state index in [4.69, 9.17) is 0 Å². The molecule has 2 heterocycles. The second-order valence-electron chi connectivity index (χ2n) is 7.85. The summed E-state index contributed by atoms with van der Waals surface area (Å²) in [6.45, 7) is 2.77. The van der Waals surface area contributed by atoms with E-state index < -0.39 is 15.9 Å². The minimum absolute atomic E-state index is 0.112. The smallest absolute Gasteiger partial charge is 0.272 e. The van der Waals surface area contributed by atoms with Crippen LogP contribution in [0, 0.1) is 6.92 Å². The number of aryl methyl sites for hydroxylation is 1. The zero-order valence-electron chi connectivity index (χ0n) is 17.3. The van der Waals surface area contributed by atoms with Crippen LogP contribution in [0.1, 0.15) is 41.7 Å². The summed E-state index contributed by atoms with van der Waals surface area (Å²) in [4.78, 5) is 27.8. The van der Waals surface area contributed by atoms with Crippen molar-refractivity contribution < 1.29 is 13.2 Å². The number of amides is 1. The molecule has 1 aliphatic heterocycles. The van der Waals surface area contributed by atoms with E-state index in [2.05, 4.69) is 10.3 Å². The monoisotopic (exact) mass is 439 g/mol. The molecule has 0 atom stereocenters. The van der Waals surface area contributed by atoms with Crippen LogP contribution in [0.2, 0.25) is 0 Å². The summed E-state index contributed by atoms with van der Waals surface area (Å²) in [5.41, 5.74) is 0.747. The van der Waals surface area contributed by atoms with Gasteiger partial charge in [0.15, 0.2) is 0 Å². The van der Waals surface area contributed by atoms with Gasteiger partial charge >= 0.3 is 0 Å².